The summed E-state index contributed by atoms with van der Waals surface area (Å²) in [5, 5.41) is 10.7. The van der Waals surface area contributed by atoms with Crippen LogP contribution in [0.15, 0.2) is 59.0 Å². The number of hydrogen-bond acceptors (Lipinski definition) is 6. The molecule has 1 saturated heterocycles. The number of esters is 1. The number of rotatable bonds is 7. The SMILES string of the molecule is O=C(CCc1nnc(Cc2ccc(-c3ccccc3)cc2)o1)NC1CCOC1=O. The lowest BCUT2D eigenvalue weighted by atomic mass is 10.0. The summed E-state index contributed by atoms with van der Waals surface area (Å²) in [6.07, 6.45) is 1.55. The van der Waals surface area contributed by atoms with Crippen molar-refractivity contribution >= 4 is 11.9 Å². The van der Waals surface area contributed by atoms with Gasteiger partial charge < -0.3 is 14.5 Å². The molecule has 1 aliphatic heterocycles. The standard InChI is InChI=1S/C22H21N3O4/c26-19(23-18-12-13-28-22(18)27)10-11-20-24-25-21(29-20)14-15-6-8-17(9-7-15)16-4-2-1-3-5-16/h1-9,18H,10-14H2,(H,23,26). The third kappa shape index (κ3) is 4.87. The summed E-state index contributed by atoms with van der Waals surface area (Å²) >= 11 is 0. The zero-order valence-electron chi connectivity index (χ0n) is 15.8. The fourth-order valence-corrected chi connectivity index (χ4v) is 3.19. The van der Waals surface area contributed by atoms with E-state index in [1.54, 1.807) is 0 Å². The summed E-state index contributed by atoms with van der Waals surface area (Å²) in [5.74, 6) is 0.305. The molecule has 1 atom stereocenters. The van der Waals surface area contributed by atoms with Gasteiger partial charge in [-0.05, 0) is 16.7 Å². The Labute approximate surface area is 168 Å². The third-order valence-electron chi connectivity index (χ3n) is 4.76. The molecule has 1 aliphatic rings. The highest BCUT2D eigenvalue weighted by Crippen LogP contribution is 2.20. The molecule has 1 aromatic heterocycles. The Kier molecular flexibility index (Phi) is 5.65. The molecule has 7 heteroatoms. The van der Waals surface area contributed by atoms with Crippen LogP contribution in [0.3, 0.4) is 0 Å². The molecular weight excluding hydrogens is 370 g/mol. The topological polar surface area (TPSA) is 94.3 Å². The third-order valence-corrected chi connectivity index (χ3v) is 4.76. The second kappa shape index (κ2) is 8.68. The minimum atomic E-state index is -0.542. The Balaban J connectivity index is 1.29. The minimum absolute atomic E-state index is 0.178. The maximum Gasteiger partial charge on any atom is 0.328 e. The molecule has 7 nitrogen and oxygen atoms in total. The number of carbonyl (C=O) groups excluding carboxylic acids is 2. The Morgan fingerprint density at radius 3 is 2.45 bits per heavy atom. The molecule has 1 amide bonds. The first-order valence-electron chi connectivity index (χ1n) is 9.59. The van der Waals surface area contributed by atoms with E-state index in [4.69, 9.17) is 9.15 Å². The van der Waals surface area contributed by atoms with E-state index in [0.717, 1.165) is 11.1 Å². The van der Waals surface area contributed by atoms with E-state index in [0.29, 0.717) is 37.7 Å². The van der Waals surface area contributed by atoms with E-state index in [9.17, 15) is 9.59 Å². The second-order valence-corrected chi connectivity index (χ2v) is 6.91. The number of amides is 1. The first kappa shape index (κ1) is 18.9. The van der Waals surface area contributed by atoms with Gasteiger partial charge in [-0.3, -0.25) is 4.79 Å². The summed E-state index contributed by atoms with van der Waals surface area (Å²) < 4.78 is 10.5. The highest BCUT2D eigenvalue weighted by Gasteiger charge is 2.27. The first-order chi connectivity index (χ1) is 14.2. The van der Waals surface area contributed by atoms with Crippen LogP contribution in [0.1, 0.15) is 30.2 Å². The predicted molar refractivity (Wildman–Crippen MR) is 105 cm³/mol. The number of aromatic nitrogens is 2. The summed E-state index contributed by atoms with van der Waals surface area (Å²) in [6, 6.07) is 17.9. The zero-order chi connectivity index (χ0) is 20.1. The van der Waals surface area contributed by atoms with Gasteiger partial charge in [0.25, 0.3) is 0 Å². The van der Waals surface area contributed by atoms with Gasteiger partial charge in [0.05, 0.1) is 13.0 Å². The normalized spacial score (nSPS) is 15.9. The Morgan fingerprint density at radius 2 is 1.72 bits per heavy atom. The monoisotopic (exact) mass is 391 g/mol. The average molecular weight is 391 g/mol. The molecule has 2 aromatic carbocycles. The van der Waals surface area contributed by atoms with E-state index < -0.39 is 6.04 Å². The van der Waals surface area contributed by atoms with Crippen LogP contribution in [0.5, 0.6) is 0 Å². The van der Waals surface area contributed by atoms with Crippen molar-refractivity contribution in [1.82, 2.24) is 15.5 Å². The molecule has 1 unspecified atom stereocenters. The van der Waals surface area contributed by atoms with E-state index in [-0.39, 0.29) is 18.3 Å². The number of benzene rings is 2. The molecule has 1 fully saturated rings. The van der Waals surface area contributed by atoms with Gasteiger partial charge in [0.2, 0.25) is 17.7 Å². The number of aryl methyl sites for hydroxylation is 1. The van der Waals surface area contributed by atoms with E-state index in [1.807, 2.05) is 30.3 Å². The van der Waals surface area contributed by atoms with Gasteiger partial charge in [-0.25, -0.2) is 4.79 Å². The van der Waals surface area contributed by atoms with Gasteiger partial charge in [-0.15, -0.1) is 10.2 Å². The highest BCUT2D eigenvalue weighted by molar-refractivity contribution is 5.85. The maximum absolute atomic E-state index is 12.0. The molecule has 1 N–H and O–H groups in total. The van der Waals surface area contributed by atoms with Crippen LogP contribution in [0, 0.1) is 0 Å². The first-order valence-corrected chi connectivity index (χ1v) is 9.59. The van der Waals surface area contributed by atoms with Crippen LogP contribution in [0.2, 0.25) is 0 Å². The fraction of sp³-hybridized carbons (Fsp3) is 0.273. The lowest BCUT2D eigenvalue weighted by Crippen LogP contribution is -2.38. The van der Waals surface area contributed by atoms with E-state index in [2.05, 4.69) is 39.8 Å². The number of nitrogens with zero attached hydrogens (tertiary/aromatic N) is 2. The Bertz CT molecular complexity index is 983. The predicted octanol–water partition coefficient (Wildman–Crippen LogP) is 2.69. The van der Waals surface area contributed by atoms with E-state index in [1.165, 1.54) is 5.56 Å². The van der Waals surface area contributed by atoms with Crippen LogP contribution < -0.4 is 5.32 Å². The molecule has 0 spiro atoms. The van der Waals surface area contributed by atoms with Crippen molar-refractivity contribution in [3.8, 4) is 11.1 Å². The lowest BCUT2D eigenvalue weighted by molar-refractivity contribution is -0.141. The summed E-state index contributed by atoms with van der Waals surface area (Å²) in [6.45, 7) is 0.350. The molecule has 0 radical (unpaired) electrons. The smallest absolute Gasteiger partial charge is 0.328 e. The summed E-state index contributed by atoms with van der Waals surface area (Å²) in [5.41, 5.74) is 3.39. The van der Waals surface area contributed by atoms with Gasteiger partial charge in [0, 0.05) is 19.3 Å². The Morgan fingerprint density at radius 1 is 1.00 bits per heavy atom. The van der Waals surface area contributed by atoms with Crippen molar-refractivity contribution in [3.63, 3.8) is 0 Å². The minimum Gasteiger partial charge on any atom is -0.464 e. The summed E-state index contributed by atoms with van der Waals surface area (Å²) in [7, 11) is 0. The second-order valence-electron chi connectivity index (χ2n) is 6.91. The average Bonchev–Trinajstić information content (AvgIpc) is 3.36. The van der Waals surface area contributed by atoms with Gasteiger partial charge in [0.1, 0.15) is 6.04 Å². The molecule has 29 heavy (non-hydrogen) atoms. The maximum atomic E-state index is 12.0. The number of nitrogens with one attached hydrogen (secondary N) is 1. The number of ether oxygens (including phenoxy) is 1. The molecule has 0 saturated carbocycles. The molecule has 2 heterocycles. The lowest BCUT2D eigenvalue weighted by Gasteiger charge is -2.07. The fourth-order valence-electron chi connectivity index (χ4n) is 3.19. The number of cyclic esters (lactones) is 1. The van der Waals surface area contributed by atoms with Crippen molar-refractivity contribution < 1.29 is 18.7 Å². The van der Waals surface area contributed by atoms with Crippen LogP contribution in [-0.2, 0) is 27.2 Å². The number of carbonyl (C=O) groups is 2. The highest BCUT2D eigenvalue weighted by atomic mass is 16.5. The van der Waals surface area contributed by atoms with E-state index >= 15 is 0 Å². The quantitative estimate of drug-likeness (QED) is 0.623. The molecule has 148 valence electrons. The molecular formula is C22H21N3O4. The number of hydrogen-bond donors (Lipinski definition) is 1. The van der Waals surface area contributed by atoms with Crippen molar-refractivity contribution in [3.05, 3.63) is 71.9 Å². The van der Waals surface area contributed by atoms with Crippen molar-refractivity contribution in [1.29, 1.82) is 0 Å². The van der Waals surface area contributed by atoms with Crippen molar-refractivity contribution in [2.24, 2.45) is 0 Å². The van der Waals surface area contributed by atoms with Crippen LogP contribution in [-0.4, -0.2) is 34.7 Å². The van der Waals surface area contributed by atoms with Crippen molar-refractivity contribution in [2.75, 3.05) is 6.61 Å². The summed E-state index contributed by atoms with van der Waals surface area (Å²) in [4.78, 5) is 23.3. The molecule has 0 bridgehead atoms. The molecule has 4 rings (SSSR count). The van der Waals surface area contributed by atoms with Gasteiger partial charge in [-0.2, -0.15) is 0 Å². The van der Waals surface area contributed by atoms with Gasteiger partial charge >= 0.3 is 5.97 Å². The van der Waals surface area contributed by atoms with Gasteiger partial charge in [0.15, 0.2) is 0 Å². The molecule has 3 aromatic rings. The molecule has 0 aliphatic carbocycles. The van der Waals surface area contributed by atoms with Crippen molar-refractivity contribution in [2.45, 2.75) is 31.7 Å². The van der Waals surface area contributed by atoms with Gasteiger partial charge in [-0.1, -0.05) is 54.6 Å². The zero-order valence-corrected chi connectivity index (χ0v) is 15.8. The largest absolute Gasteiger partial charge is 0.464 e. The van der Waals surface area contributed by atoms with Crippen LogP contribution >= 0.6 is 0 Å². The van der Waals surface area contributed by atoms with Crippen LogP contribution in [0.4, 0.5) is 0 Å². The van der Waals surface area contributed by atoms with Crippen LogP contribution in [0.25, 0.3) is 11.1 Å². The Hall–Kier alpha value is -3.48.